The van der Waals surface area contributed by atoms with Crippen LogP contribution in [0.2, 0.25) is 0 Å². The molecule has 3 atom stereocenters. The molecule has 3 unspecified atom stereocenters. The van der Waals surface area contributed by atoms with Gasteiger partial charge in [-0.2, -0.15) is 0 Å². The average molecular weight is 437 g/mol. The number of carbonyl (C=O) groups excluding carboxylic acids is 3. The zero-order valence-electron chi connectivity index (χ0n) is 18.1. The Bertz CT molecular complexity index is 766. The second-order valence-corrected chi connectivity index (χ2v) is 7.80. The van der Waals surface area contributed by atoms with Gasteiger partial charge in [0.25, 0.3) is 0 Å². The molecular weight excluding hydrogens is 404 g/mol. The van der Waals surface area contributed by atoms with Crippen LogP contribution in [0.1, 0.15) is 45.6 Å². The average Bonchev–Trinajstić information content (AvgIpc) is 2.70. The van der Waals surface area contributed by atoms with Crippen LogP contribution in [0, 0.1) is 5.92 Å². The van der Waals surface area contributed by atoms with Crippen molar-refractivity contribution in [2.24, 2.45) is 11.7 Å². The predicted octanol–water partition coefficient (Wildman–Crippen LogP) is 0.345. The van der Waals surface area contributed by atoms with Gasteiger partial charge in [-0.15, -0.1) is 0 Å². The minimum Gasteiger partial charge on any atom is -0.481 e. The van der Waals surface area contributed by atoms with Gasteiger partial charge in [0.05, 0.1) is 12.6 Å². The van der Waals surface area contributed by atoms with Crippen molar-refractivity contribution in [3.8, 4) is 0 Å². The number of carboxylic acids is 1. The Morgan fingerprint density at radius 1 is 0.968 bits per heavy atom. The van der Waals surface area contributed by atoms with E-state index in [1.807, 2.05) is 13.8 Å². The summed E-state index contributed by atoms with van der Waals surface area (Å²) in [5, 5.41) is 25.6. The van der Waals surface area contributed by atoms with E-state index >= 15 is 0 Å². The maximum absolute atomic E-state index is 12.6. The summed E-state index contributed by atoms with van der Waals surface area (Å²) in [5.74, 6) is -2.61. The Kier molecular flexibility index (Phi) is 10.6. The number of hydrogen-bond donors (Lipinski definition) is 6. The fourth-order valence-electron chi connectivity index (χ4n) is 2.76. The van der Waals surface area contributed by atoms with Gasteiger partial charge in [-0.3, -0.25) is 19.2 Å². The van der Waals surface area contributed by atoms with Gasteiger partial charge < -0.3 is 31.9 Å². The van der Waals surface area contributed by atoms with E-state index < -0.39 is 41.8 Å². The molecule has 31 heavy (non-hydrogen) atoms. The third-order valence-electron chi connectivity index (χ3n) is 4.50. The molecule has 10 nitrogen and oxygen atoms in total. The third-order valence-corrected chi connectivity index (χ3v) is 4.50. The summed E-state index contributed by atoms with van der Waals surface area (Å²) in [6.07, 6.45) is -0.00410. The van der Waals surface area contributed by atoms with Crippen LogP contribution in [-0.4, -0.2) is 52.0 Å². The molecule has 0 radical (unpaired) electrons. The number of nitrogens with one attached hydrogen (secondary N) is 3. The first-order valence-electron chi connectivity index (χ1n) is 10.1. The lowest BCUT2D eigenvalue weighted by molar-refractivity contribution is -0.137. The summed E-state index contributed by atoms with van der Waals surface area (Å²) in [6, 6.07) is 3.57. The monoisotopic (exact) mass is 436 g/mol. The number of hydrogen-bond acceptors (Lipinski definition) is 6. The van der Waals surface area contributed by atoms with Crippen molar-refractivity contribution in [3.63, 3.8) is 0 Å². The van der Waals surface area contributed by atoms with E-state index in [1.54, 1.807) is 24.3 Å². The standard InChI is InChI=1S/C21H32N4O6/c1-12(2)10-16(22)20(30)23-13(3)19(29)25-17(8-9-18(27)28)21(31)24-15-6-4-14(11-26)5-7-15/h4-7,12-13,16-17,26H,8-11,22H2,1-3H3,(H,23,30)(H,24,31)(H,25,29)(H,27,28). The van der Waals surface area contributed by atoms with Crippen molar-refractivity contribution in [3.05, 3.63) is 29.8 Å². The van der Waals surface area contributed by atoms with Gasteiger partial charge in [-0.25, -0.2) is 0 Å². The molecule has 1 rings (SSSR count). The van der Waals surface area contributed by atoms with Crippen LogP contribution >= 0.6 is 0 Å². The summed E-state index contributed by atoms with van der Waals surface area (Å²) < 4.78 is 0. The Balaban J connectivity index is 2.77. The van der Waals surface area contributed by atoms with Crippen LogP contribution in [0.15, 0.2) is 24.3 Å². The van der Waals surface area contributed by atoms with E-state index in [0.29, 0.717) is 17.7 Å². The van der Waals surface area contributed by atoms with Crippen LogP contribution in [0.5, 0.6) is 0 Å². The van der Waals surface area contributed by atoms with Crippen molar-refractivity contribution in [1.82, 2.24) is 10.6 Å². The minimum atomic E-state index is -1.12. The van der Waals surface area contributed by atoms with Crippen molar-refractivity contribution in [1.29, 1.82) is 0 Å². The Morgan fingerprint density at radius 3 is 2.10 bits per heavy atom. The smallest absolute Gasteiger partial charge is 0.303 e. The molecule has 0 saturated heterocycles. The van der Waals surface area contributed by atoms with Gasteiger partial charge >= 0.3 is 5.97 Å². The maximum atomic E-state index is 12.6. The zero-order chi connectivity index (χ0) is 23.6. The highest BCUT2D eigenvalue weighted by molar-refractivity contribution is 5.98. The van der Waals surface area contributed by atoms with E-state index in [4.69, 9.17) is 15.9 Å². The minimum absolute atomic E-state index is 0.130. The molecule has 0 heterocycles. The second kappa shape index (κ2) is 12.7. The van der Waals surface area contributed by atoms with Crippen molar-refractivity contribution >= 4 is 29.4 Å². The number of amides is 3. The van der Waals surface area contributed by atoms with Gasteiger partial charge in [0, 0.05) is 12.1 Å². The molecule has 0 aliphatic rings. The molecule has 0 aromatic heterocycles. The third kappa shape index (κ3) is 9.58. The number of carboxylic acid groups (broad SMARTS) is 1. The lowest BCUT2D eigenvalue weighted by Gasteiger charge is -2.22. The largest absolute Gasteiger partial charge is 0.481 e. The van der Waals surface area contributed by atoms with E-state index in [1.165, 1.54) is 6.92 Å². The van der Waals surface area contributed by atoms with E-state index in [-0.39, 0.29) is 25.4 Å². The van der Waals surface area contributed by atoms with Gasteiger partial charge in [0.2, 0.25) is 17.7 Å². The summed E-state index contributed by atoms with van der Waals surface area (Å²) in [4.78, 5) is 48.2. The number of aliphatic hydroxyl groups excluding tert-OH is 1. The molecule has 3 amide bonds. The molecule has 1 aromatic rings. The highest BCUT2D eigenvalue weighted by Gasteiger charge is 2.26. The molecule has 0 spiro atoms. The van der Waals surface area contributed by atoms with Gasteiger partial charge in [0.15, 0.2) is 0 Å². The normalized spacial score (nSPS) is 13.7. The fraction of sp³-hybridized carbons (Fsp3) is 0.524. The summed E-state index contributed by atoms with van der Waals surface area (Å²) in [6.45, 7) is 5.16. The van der Waals surface area contributed by atoms with Crippen molar-refractivity contribution < 1.29 is 29.4 Å². The first-order valence-corrected chi connectivity index (χ1v) is 10.1. The summed E-state index contributed by atoms with van der Waals surface area (Å²) >= 11 is 0. The first kappa shape index (κ1) is 26.1. The van der Waals surface area contributed by atoms with Gasteiger partial charge in [0.1, 0.15) is 12.1 Å². The maximum Gasteiger partial charge on any atom is 0.303 e. The topological polar surface area (TPSA) is 171 Å². The second-order valence-electron chi connectivity index (χ2n) is 7.80. The van der Waals surface area contributed by atoms with E-state index in [2.05, 4.69) is 16.0 Å². The van der Waals surface area contributed by atoms with Crippen molar-refractivity contribution in [2.45, 2.75) is 64.8 Å². The van der Waals surface area contributed by atoms with Crippen LogP contribution in [-0.2, 0) is 25.8 Å². The lowest BCUT2D eigenvalue weighted by Crippen LogP contribution is -2.54. The molecule has 172 valence electrons. The Hall–Kier alpha value is -2.98. The molecule has 10 heteroatoms. The van der Waals surface area contributed by atoms with Crippen LogP contribution < -0.4 is 21.7 Å². The Labute approximate surface area is 181 Å². The van der Waals surface area contributed by atoms with Gasteiger partial charge in [-0.1, -0.05) is 26.0 Å². The fourth-order valence-corrected chi connectivity index (χ4v) is 2.76. The Morgan fingerprint density at radius 2 is 1.58 bits per heavy atom. The summed E-state index contributed by atoms with van der Waals surface area (Å²) in [5.41, 5.74) is 6.90. The first-order chi connectivity index (χ1) is 14.5. The van der Waals surface area contributed by atoms with Crippen LogP contribution in [0.25, 0.3) is 0 Å². The molecule has 7 N–H and O–H groups in total. The molecule has 0 bridgehead atoms. The van der Waals surface area contributed by atoms with Crippen LogP contribution in [0.3, 0.4) is 0 Å². The molecule has 0 fully saturated rings. The molecule has 0 aliphatic heterocycles. The number of aliphatic hydroxyl groups is 1. The highest BCUT2D eigenvalue weighted by Crippen LogP contribution is 2.11. The van der Waals surface area contributed by atoms with E-state index in [9.17, 15) is 19.2 Å². The van der Waals surface area contributed by atoms with Crippen LogP contribution in [0.4, 0.5) is 5.69 Å². The zero-order valence-corrected chi connectivity index (χ0v) is 18.1. The molecular formula is C21H32N4O6. The van der Waals surface area contributed by atoms with E-state index in [0.717, 1.165) is 0 Å². The number of aliphatic carboxylic acids is 1. The number of anilines is 1. The quantitative estimate of drug-likeness (QED) is 0.274. The molecule has 1 aromatic carbocycles. The number of nitrogens with two attached hydrogens (primary N) is 1. The molecule has 0 aliphatic carbocycles. The SMILES string of the molecule is CC(C)CC(N)C(=O)NC(C)C(=O)NC(CCC(=O)O)C(=O)Nc1ccc(CO)cc1. The molecule has 0 saturated carbocycles. The number of rotatable bonds is 12. The number of carbonyl (C=O) groups is 4. The van der Waals surface area contributed by atoms with Gasteiger partial charge in [-0.05, 0) is 43.4 Å². The lowest BCUT2D eigenvalue weighted by atomic mass is 10.0. The highest BCUT2D eigenvalue weighted by atomic mass is 16.4. The predicted molar refractivity (Wildman–Crippen MR) is 115 cm³/mol. The van der Waals surface area contributed by atoms with Crippen molar-refractivity contribution in [2.75, 3.05) is 5.32 Å². The number of benzene rings is 1. The summed E-state index contributed by atoms with van der Waals surface area (Å²) in [7, 11) is 0.